The molecule has 3 N–H and O–H groups in total. The smallest absolute Gasteiger partial charge is 0.120 e. The lowest BCUT2D eigenvalue weighted by atomic mass is 9.96. The van der Waals surface area contributed by atoms with Crippen LogP contribution in [0.5, 0.6) is 5.75 Å². The number of rotatable bonds is 3. The third-order valence-electron chi connectivity index (χ3n) is 2.09. The molecule has 2 nitrogen and oxygen atoms in total. The first-order valence-corrected chi connectivity index (χ1v) is 5.02. The molecule has 14 heavy (non-hydrogen) atoms. The Bertz CT molecular complexity index is 318. The van der Waals surface area contributed by atoms with E-state index in [1.54, 1.807) is 12.1 Å². The van der Waals surface area contributed by atoms with E-state index in [0.29, 0.717) is 5.02 Å². The molecule has 1 aromatic rings. The minimum atomic E-state index is -0.202. The monoisotopic (exact) mass is 213 g/mol. The third-order valence-corrected chi connectivity index (χ3v) is 2.32. The zero-order valence-electron chi connectivity index (χ0n) is 8.55. The van der Waals surface area contributed by atoms with Crippen LogP contribution in [0.1, 0.15) is 25.8 Å². The van der Waals surface area contributed by atoms with Crippen molar-refractivity contribution in [2.45, 2.75) is 32.2 Å². The Morgan fingerprint density at radius 2 is 2.07 bits per heavy atom. The molecule has 0 bridgehead atoms. The minimum Gasteiger partial charge on any atom is -0.508 e. The van der Waals surface area contributed by atoms with Crippen LogP contribution in [0.3, 0.4) is 0 Å². The Morgan fingerprint density at radius 1 is 1.43 bits per heavy atom. The average molecular weight is 214 g/mol. The lowest BCUT2D eigenvalue weighted by Crippen LogP contribution is -2.32. The van der Waals surface area contributed by atoms with Gasteiger partial charge in [0.2, 0.25) is 0 Å². The molecular formula is C11H16ClNO. The Balaban J connectivity index is 2.68. The van der Waals surface area contributed by atoms with Gasteiger partial charge in [-0.1, -0.05) is 17.7 Å². The van der Waals surface area contributed by atoms with Crippen molar-refractivity contribution in [2.75, 3.05) is 0 Å². The van der Waals surface area contributed by atoms with Crippen LogP contribution >= 0.6 is 11.6 Å². The number of aryl methyl sites for hydroxylation is 1. The second kappa shape index (κ2) is 4.20. The average Bonchev–Trinajstić information content (AvgIpc) is 2.00. The summed E-state index contributed by atoms with van der Waals surface area (Å²) in [6, 6.07) is 5.17. The zero-order chi connectivity index (χ0) is 10.8. The molecule has 0 saturated heterocycles. The van der Waals surface area contributed by atoms with Gasteiger partial charge in [-0.25, -0.2) is 0 Å². The van der Waals surface area contributed by atoms with Gasteiger partial charge in [-0.3, -0.25) is 0 Å². The van der Waals surface area contributed by atoms with Crippen LogP contribution in [0.4, 0.5) is 0 Å². The Kier molecular flexibility index (Phi) is 3.40. The molecule has 0 saturated carbocycles. The molecule has 1 rings (SSSR count). The molecule has 0 spiro atoms. The summed E-state index contributed by atoms with van der Waals surface area (Å²) in [5, 5.41) is 10.1. The van der Waals surface area contributed by atoms with E-state index < -0.39 is 0 Å². The highest BCUT2D eigenvalue weighted by molar-refractivity contribution is 6.30. The van der Waals surface area contributed by atoms with Crippen molar-refractivity contribution in [1.29, 1.82) is 0 Å². The van der Waals surface area contributed by atoms with Gasteiger partial charge in [0.1, 0.15) is 5.75 Å². The van der Waals surface area contributed by atoms with Crippen LogP contribution in [0.2, 0.25) is 5.02 Å². The van der Waals surface area contributed by atoms with Crippen LogP contribution in [0, 0.1) is 0 Å². The molecular weight excluding hydrogens is 198 g/mol. The van der Waals surface area contributed by atoms with Crippen LogP contribution in [-0.4, -0.2) is 10.6 Å². The lowest BCUT2D eigenvalue weighted by Gasteiger charge is -2.18. The summed E-state index contributed by atoms with van der Waals surface area (Å²) in [4.78, 5) is 0. The fraction of sp³-hybridized carbons (Fsp3) is 0.455. The van der Waals surface area contributed by atoms with Gasteiger partial charge in [-0.2, -0.15) is 0 Å². The van der Waals surface area contributed by atoms with Crippen LogP contribution < -0.4 is 5.73 Å². The largest absolute Gasteiger partial charge is 0.508 e. The lowest BCUT2D eigenvalue weighted by molar-refractivity contribution is 0.449. The summed E-state index contributed by atoms with van der Waals surface area (Å²) >= 11 is 5.72. The summed E-state index contributed by atoms with van der Waals surface area (Å²) in [5.41, 5.74) is 6.55. The van der Waals surface area contributed by atoms with Crippen molar-refractivity contribution in [3.8, 4) is 5.75 Å². The number of aromatic hydroxyl groups is 1. The van der Waals surface area contributed by atoms with Crippen molar-refractivity contribution in [3.63, 3.8) is 0 Å². The van der Waals surface area contributed by atoms with Crippen LogP contribution in [0.25, 0.3) is 0 Å². The normalized spacial score (nSPS) is 11.7. The van der Waals surface area contributed by atoms with Gasteiger partial charge in [0.25, 0.3) is 0 Å². The number of phenolic OH excluding ortho intramolecular Hbond substituents is 1. The molecule has 0 fully saturated rings. The highest BCUT2D eigenvalue weighted by atomic mass is 35.5. The number of benzene rings is 1. The molecule has 0 heterocycles. The van der Waals surface area contributed by atoms with Crippen molar-refractivity contribution in [3.05, 3.63) is 28.8 Å². The fourth-order valence-electron chi connectivity index (χ4n) is 1.21. The number of nitrogens with two attached hydrogens (primary N) is 1. The molecule has 0 aliphatic rings. The van der Waals surface area contributed by atoms with E-state index in [-0.39, 0.29) is 11.3 Å². The summed E-state index contributed by atoms with van der Waals surface area (Å²) in [6.07, 6.45) is 1.61. The summed E-state index contributed by atoms with van der Waals surface area (Å²) in [7, 11) is 0. The molecule has 0 aromatic heterocycles. The first-order chi connectivity index (χ1) is 6.38. The van der Waals surface area contributed by atoms with Gasteiger partial charge in [0.15, 0.2) is 0 Å². The first-order valence-electron chi connectivity index (χ1n) is 4.65. The fourth-order valence-corrected chi connectivity index (χ4v) is 1.37. The molecule has 0 atom stereocenters. The summed E-state index contributed by atoms with van der Waals surface area (Å²) in [5.74, 6) is 0.252. The molecule has 0 aliphatic carbocycles. The SMILES string of the molecule is CC(C)(N)CCc1ccc(Cl)cc1O. The maximum absolute atomic E-state index is 9.56. The Hall–Kier alpha value is -0.730. The number of halogens is 1. The standard InChI is InChI=1S/C11H16ClNO/c1-11(2,13)6-5-8-3-4-9(12)7-10(8)14/h3-4,7,14H,5-6,13H2,1-2H3. The topological polar surface area (TPSA) is 46.2 Å². The van der Waals surface area contributed by atoms with E-state index in [1.807, 2.05) is 19.9 Å². The quantitative estimate of drug-likeness (QED) is 0.811. The second-order valence-corrected chi connectivity index (χ2v) is 4.70. The second-order valence-electron chi connectivity index (χ2n) is 4.26. The van der Waals surface area contributed by atoms with E-state index in [9.17, 15) is 5.11 Å². The molecule has 78 valence electrons. The van der Waals surface area contributed by atoms with Gasteiger partial charge in [0.05, 0.1) is 0 Å². The van der Waals surface area contributed by atoms with Gasteiger partial charge in [-0.15, -0.1) is 0 Å². The minimum absolute atomic E-state index is 0.202. The maximum atomic E-state index is 9.56. The maximum Gasteiger partial charge on any atom is 0.120 e. The molecule has 0 amide bonds. The molecule has 0 unspecified atom stereocenters. The van der Waals surface area contributed by atoms with Gasteiger partial charge in [0, 0.05) is 10.6 Å². The van der Waals surface area contributed by atoms with Crippen molar-refractivity contribution in [2.24, 2.45) is 5.73 Å². The van der Waals surface area contributed by atoms with Gasteiger partial charge in [-0.05, 0) is 44.4 Å². The van der Waals surface area contributed by atoms with Gasteiger partial charge < -0.3 is 10.8 Å². The van der Waals surface area contributed by atoms with Crippen LogP contribution in [0.15, 0.2) is 18.2 Å². The Morgan fingerprint density at radius 3 is 2.57 bits per heavy atom. The van der Waals surface area contributed by atoms with E-state index in [4.69, 9.17) is 17.3 Å². The van der Waals surface area contributed by atoms with E-state index in [0.717, 1.165) is 18.4 Å². The van der Waals surface area contributed by atoms with Crippen molar-refractivity contribution in [1.82, 2.24) is 0 Å². The van der Waals surface area contributed by atoms with E-state index in [2.05, 4.69) is 0 Å². The number of hydrogen-bond acceptors (Lipinski definition) is 2. The molecule has 0 aliphatic heterocycles. The highest BCUT2D eigenvalue weighted by Gasteiger charge is 2.11. The molecule has 3 heteroatoms. The highest BCUT2D eigenvalue weighted by Crippen LogP contribution is 2.24. The number of hydrogen-bond donors (Lipinski definition) is 2. The van der Waals surface area contributed by atoms with E-state index in [1.165, 1.54) is 0 Å². The van der Waals surface area contributed by atoms with Crippen LogP contribution in [-0.2, 0) is 6.42 Å². The predicted molar refractivity (Wildman–Crippen MR) is 59.7 cm³/mol. The zero-order valence-corrected chi connectivity index (χ0v) is 9.30. The summed E-state index contributed by atoms with van der Waals surface area (Å²) in [6.45, 7) is 3.94. The van der Waals surface area contributed by atoms with E-state index >= 15 is 0 Å². The first kappa shape index (κ1) is 11.3. The molecule has 1 aromatic carbocycles. The van der Waals surface area contributed by atoms with Crippen molar-refractivity contribution >= 4 is 11.6 Å². The Labute approximate surface area is 89.7 Å². The van der Waals surface area contributed by atoms with Gasteiger partial charge >= 0.3 is 0 Å². The third kappa shape index (κ3) is 3.56. The van der Waals surface area contributed by atoms with Crippen molar-refractivity contribution < 1.29 is 5.11 Å². The predicted octanol–water partition coefficient (Wildman–Crippen LogP) is 2.72. The molecule has 0 radical (unpaired) electrons. The summed E-state index contributed by atoms with van der Waals surface area (Å²) < 4.78 is 0. The number of phenols is 1.